The van der Waals surface area contributed by atoms with E-state index in [1.807, 2.05) is 73.7 Å². The molecular formula is C24H21N3O3. The van der Waals surface area contributed by atoms with Crippen LogP contribution in [-0.4, -0.2) is 46.3 Å². The van der Waals surface area contributed by atoms with Crippen LogP contribution in [0.25, 0.3) is 23.0 Å². The molecular weight excluding hydrogens is 378 g/mol. The SMILES string of the molecule is Cc1cc(C=C2C(=O)N(C)C(=O)N(C)C2=O)c(-c2ccccc2)n1-c1ccccc1. The number of barbiturate groups is 1. The lowest BCUT2D eigenvalue weighted by atomic mass is 10.0. The minimum absolute atomic E-state index is 0.0398. The van der Waals surface area contributed by atoms with Gasteiger partial charge in [-0.1, -0.05) is 48.5 Å². The van der Waals surface area contributed by atoms with Crippen LogP contribution in [0.5, 0.6) is 0 Å². The van der Waals surface area contributed by atoms with E-state index in [1.165, 1.54) is 14.1 Å². The van der Waals surface area contributed by atoms with Crippen molar-refractivity contribution in [2.75, 3.05) is 14.1 Å². The van der Waals surface area contributed by atoms with E-state index in [0.29, 0.717) is 0 Å². The summed E-state index contributed by atoms with van der Waals surface area (Å²) in [5.41, 5.74) is 4.45. The summed E-state index contributed by atoms with van der Waals surface area (Å²) >= 11 is 0. The molecule has 2 aromatic carbocycles. The van der Waals surface area contributed by atoms with E-state index in [2.05, 4.69) is 4.57 Å². The second kappa shape index (κ2) is 7.48. The largest absolute Gasteiger partial charge is 0.333 e. The second-order valence-corrected chi connectivity index (χ2v) is 7.20. The summed E-state index contributed by atoms with van der Waals surface area (Å²) in [5, 5.41) is 0. The number of rotatable bonds is 3. The third kappa shape index (κ3) is 3.12. The average Bonchev–Trinajstić information content (AvgIpc) is 3.10. The molecule has 0 saturated carbocycles. The molecule has 150 valence electrons. The maximum Gasteiger partial charge on any atom is 0.333 e. The molecule has 0 atom stereocenters. The van der Waals surface area contributed by atoms with Crippen molar-refractivity contribution in [3.8, 4) is 16.9 Å². The third-order valence-electron chi connectivity index (χ3n) is 5.22. The summed E-state index contributed by atoms with van der Waals surface area (Å²) in [6.45, 7) is 1.98. The monoisotopic (exact) mass is 399 g/mol. The number of hydrogen-bond acceptors (Lipinski definition) is 3. The Morgan fingerprint density at radius 3 is 1.87 bits per heavy atom. The first kappa shape index (κ1) is 19.4. The van der Waals surface area contributed by atoms with Crippen molar-refractivity contribution >= 4 is 23.9 Å². The topological polar surface area (TPSA) is 62.6 Å². The van der Waals surface area contributed by atoms with Gasteiger partial charge in [0.2, 0.25) is 0 Å². The minimum atomic E-state index is -0.636. The average molecular weight is 399 g/mol. The molecule has 0 unspecified atom stereocenters. The molecule has 0 radical (unpaired) electrons. The quantitative estimate of drug-likeness (QED) is 0.496. The zero-order chi connectivity index (χ0) is 21.4. The summed E-state index contributed by atoms with van der Waals surface area (Å²) in [6.07, 6.45) is 1.58. The Kier molecular flexibility index (Phi) is 4.83. The molecule has 1 aliphatic rings. The Hall–Kier alpha value is -3.93. The standard InChI is InChI=1S/C24H21N3O3/c1-16-14-18(15-20-22(28)25(2)24(30)26(3)23(20)29)21(17-10-6-4-7-11-17)27(16)19-12-8-5-9-13-19/h4-15H,1-3H3. The highest BCUT2D eigenvalue weighted by Crippen LogP contribution is 2.33. The number of benzene rings is 2. The molecule has 4 rings (SSSR count). The van der Waals surface area contributed by atoms with Crippen LogP contribution in [-0.2, 0) is 9.59 Å². The highest BCUT2D eigenvalue weighted by atomic mass is 16.2. The summed E-state index contributed by atoms with van der Waals surface area (Å²) in [7, 11) is 2.75. The lowest BCUT2D eigenvalue weighted by molar-refractivity contribution is -0.134. The van der Waals surface area contributed by atoms with Gasteiger partial charge in [-0.15, -0.1) is 0 Å². The van der Waals surface area contributed by atoms with Gasteiger partial charge in [0.1, 0.15) is 5.57 Å². The van der Waals surface area contributed by atoms with Gasteiger partial charge in [0, 0.05) is 31.0 Å². The fourth-order valence-electron chi connectivity index (χ4n) is 3.71. The summed E-state index contributed by atoms with van der Waals surface area (Å²) in [5.74, 6) is -1.21. The van der Waals surface area contributed by atoms with Crippen molar-refractivity contribution in [2.24, 2.45) is 0 Å². The molecule has 0 aliphatic carbocycles. The number of carbonyl (C=O) groups is 3. The molecule has 1 aromatic heterocycles. The highest BCUT2D eigenvalue weighted by molar-refractivity contribution is 6.30. The Morgan fingerprint density at radius 1 is 0.767 bits per heavy atom. The number of imide groups is 2. The molecule has 30 heavy (non-hydrogen) atoms. The number of nitrogens with zero attached hydrogens (tertiary/aromatic N) is 3. The molecule has 0 spiro atoms. The number of aromatic nitrogens is 1. The number of hydrogen-bond donors (Lipinski definition) is 0. The van der Waals surface area contributed by atoms with Gasteiger partial charge < -0.3 is 4.57 Å². The molecule has 4 amide bonds. The summed E-state index contributed by atoms with van der Waals surface area (Å²) < 4.78 is 2.10. The van der Waals surface area contributed by atoms with Crippen molar-refractivity contribution in [1.82, 2.24) is 14.4 Å². The van der Waals surface area contributed by atoms with E-state index < -0.39 is 17.8 Å². The van der Waals surface area contributed by atoms with Crippen LogP contribution >= 0.6 is 0 Å². The lowest BCUT2D eigenvalue weighted by Gasteiger charge is -2.28. The molecule has 0 bridgehead atoms. The van der Waals surface area contributed by atoms with Crippen LogP contribution in [0.1, 0.15) is 11.3 Å². The van der Waals surface area contributed by atoms with Gasteiger partial charge in [-0.25, -0.2) is 4.79 Å². The zero-order valence-electron chi connectivity index (χ0n) is 17.0. The van der Waals surface area contributed by atoms with Crippen molar-refractivity contribution in [3.05, 3.63) is 83.6 Å². The van der Waals surface area contributed by atoms with E-state index in [0.717, 1.165) is 38.0 Å². The molecule has 1 aliphatic heterocycles. The van der Waals surface area contributed by atoms with Gasteiger partial charge in [0.05, 0.1) is 5.69 Å². The lowest BCUT2D eigenvalue weighted by Crippen LogP contribution is -2.52. The first-order valence-electron chi connectivity index (χ1n) is 9.55. The van der Waals surface area contributed by atoms with Gasteiger partial charge in [-0.05, 0) is 36.8 Å². The Labute approximate surface area is 174 Å². The predicted octanol–water partition coefficient (Wildman–Crippen LogP) is 3.89. The molecule has 1 saturated heterocycles. The van der Waals surface area contributed by atoms with Crippen LogP contribution in [0.2, 0.25) is 0 Å². The summed E-state index contributed by atoms with van der Waals surface area (Å²) in [6, 6.07) is 21.0. The second-order valence-electron chi connectivity index (χ2n) is 7.20. The van der Waals surface area contributed by atoms with E-state index >= 15 is 0 Å². The van der Waals surface area contributed by atoms with Crippen LogP contribution in [0, 0.1) is 6.92 Å². The van der Waals surface area contributed by atoms with E-state index in [9.17, 15) is 14.4 Å². The van der Waals surface area contributed by atoms with E-state index in [1.54, 1.807) is 6.08 Å². The third-order valence-corrected chi connectivity index (χ3v) is 5.22. The van der Waals surface area contributed by atoms with Gasteiger partial charge in [-0.3, -0.25) is 19.4 Å². The summed E-state index contributed by atoms with van der Waals surface area (Å²) in [4.78, 5) is 39.3. The molecule has 6 heteroatoms. The van der Waals surface area contributed by atoms with Crippen molar-refractivity contribution in [3.63, 3.8) is 0 Å². The zero-order valence-corrected chi connectivity index (χ0v) is 17.0. The molecule has 1 fully saturated rings. The molecule has 6 nitrogen and oxygen atoms in total. The number of carbonyl (C=O) groups excluding carboxylic acids is 3. The number of para-hydroxylation sites is 1. The van der Waals surface area contributed by atoms with Crippen molar-refractivity contribution in [1.29, 1.82) is 0 Å². The Balaban J connectivity index is 1.95. The van der Waals surface area contributed by atoms with Gasteiger partial charge >= 0.3 is 6.03 Å². The number of aryl methyl sites for hydroxylation is 1. The van der Waals surface area contributed by atoms with Gasteiger partial charge in [0.15, 0.2) is 0 Å². The highest BCUT2D eigenvalue weighted by Gasteiger charge is 2.38. The minimum Gasteiger partial charge on any atom is -0.313 e. The first-order chi connectivity index (χ1) is 14.4. The van der Waals surface area contributed by atoms with Crippen LogP contribution < -0.4 is 0 Å². The first-order valence-corrected chi connectivity index (χ1v) is 9.55. The Bertz CT molecular complexity index is 1150. The smallest absolute Gasteiger partial charge is 0.313 e. The number of urea groups is 1. The van der Waals surface area contributed by atoms with Gasteiger partial charge in [-0.2, -0.15) is 0 Å². The number of likely N-dealkylation sites (N-methyl/N-ethyl adjacent to an activating group) is 2. The van der Waals surface area contributed by atoms with Crippen LogP contribution in [0.4, 0.5) is 4.79 Å². The fraction of sp³-hybridized carbons (Fsp3) is 0.125. The molecule has 2 heterocycles. The van der Waals surface area contributed by atoms with Crippen LogP contribution in [0.15, 0.2) is 72.3 Å². The van der Waals surface area contributed by atoms with Crippen molar-refractivity contribution in [2.45, 2.75) is 6.92 Å². The van der Waals surface area contributed by atoms with Gasteiger partial charge in [0.25, 0.3) is 11.8 Å². The fourth-order valence-corrected chi connectivity index (χ4v) is 3.71. The van der Waals surface area contributed by atoms with E-state index in [4.69, 9.17) is 0 Å². The maximum atomic E-state index is 12.7. The molecule has 0 N–H and O–H groups in total. The normalized spacial score (nSPS) is 14.5. The number of amides is 4. The Morgan fingerprint density at radius 2 is 1.30 bits per heavy atom. The predicted molar refractivity (Wildman–Crippen MR) is 115 cm³/mol. The van der Waals surface area contributed by atoms with Crippen molar-refractivity contribution < 1.29 is 14.4 Å². The maximum absolute atomic E-state index is 12.7. The van der Waals surface area contributed by atoms with Crippen LogP contribution in [0.3, 0.4) is 0 Å². The van der Waals surface area contributed by atoms with E-state index in [-0.39, 0.29) is 5.57 Å². The molecule has 3 aromatic rings.